The van der Waals surface area contributed by atoms with Crippen molar-refractivity contribution >= 4 is 45.1 Å². The fourth-order valence-electron chi connectivity index (χ4n) is 2.70. The standard InChI is InChI=1S/C17H9ClF3N3O5/c18-12-7-9(5-6-15(12)29-17(19,20)21)22-16-11-4-2-1-3-10(11)13(23(25)26)8-14(16)24(27)28/h1-8,22H. The maximum absolute atomic E-state index is 12.4. The molecule has 150 valence electrons. The lowest BCUT2D eigenvalue weighted by Crippen LogP contribution is -2.17. The van der Waals surface area contributed by atoms with Gasteiger partial charge in [-0.1, -0.05) is 29.8 Å². The second-order valence-electron chi connectivity index (χ2n) is 5.67. The number of nitrogens with one attached hydrogen (secondary N) is 1. The minimum atomic E-state index is -4.94. The molecule has 29 heavy (non-hydrogen) atoms. The zero-order valence-corrected chi connectivity index (χ0v) is 14.8. The van der Waals surface area contributed by atoms with Crippen LogP contribution in [0.25, 0.3) is 10.8 Å². The maximum Gasteiger partial charge on any atom is 0.573 e. The molecule has 0 spiro atoms. The van der Waals surface area contributed by atoms with E-state index in [4.69, 9.17) is 11.6 Å². The lowest BCUT2D eigenvalue weighted by molar-refractivity contribution is -0.392. The first-order valence-corrected chi connectivity index (χ1v) is 8.11. The molecule has 0 aliphatic heterocycles. The average molecular weight is 428 g/mol. The first-order valence-electron chi connectivity index (χ1n) is 7.73. The third kappa shape index (κ3) is 4.29. The Morgan fingerprint density at radius 1 is 0.931 bits per heavy atom. The summed E-state index contributed by atoms with van der Waals surface area (Å²) < 4.78 is 40.9. The summed E-state index contributed by atoms with van der Waals surface area (Å²) in [5.41, 5.74) is -0.990. The average Bonchev–Trinajstić information content (AvgIpc) is 2.62. The van der Waals surface area contributed by atoms with Crippen LogP contribution >= 0.6 is 11.6 Å². The van der Waals surface area contributed by atoms with Crippen molar-refractivity contribution in [1.29, 1.82) is 0 Å². The number of benzene rings is 3. The predicted molar refractivity (Wildman–Crippen MR) is 98.7 cm³/mol. The fraction of sp³-hybridized carbons (Fsp3) is 0.0588. The summed E-state index contributed by atoms with van der Waals surface area (Å²) in [5, 5.41) is 25.4. The van der Waals surface area contributed by atoms with E-state index >= 15 is 0 Å². The van der Waals surface area contributed by atoms with Crippen molar-refractivity contribution in [1.82, 2.24) is 0 Å². The van der Waals surface area contributed by atoms with E-state index in [2.05, 4.69) is 10.1 Å². The van der Waals surface area contributed by atoms with Gasteiger partial charge in [0.05, 0.1) is 26.3 Å². The van der Waals surface area contributed by atoms with Gasteiger partial charge in [-0.3, -0.25) is 20.2 Å². The molecule has 0 saturated carbocycles. The molecule has 0 amide bonds. The lowest BCUT2D eigenvalue weighted by Gasteiger charge is -2.14. The number of ether oxygens (including phenoxy) is 1. The normalized spacial score (nSPS) is 11.3. The van der Waals surface area contributed by atoms with Gasteiger partial charge in [0.1, 0.15) is 11.4 Å². The zero-order chi connectivity index (χ0) is 21.3. The van der Waals surface area contributed by atoms with Crippen LogP contribution in [-0.2, 0) is 0 Å². The number of hydrogen-bond donors (Lipinski definition) is 1. The van der Waals surface area contributed by atoms with Crippen molar-refractivity contribution in [2.75, 3.05) is 5.32 Å². The van der Waals surface area contributed by atoms with Crippen LogP contribution in [0.4, 0.5) is 35.9 Å². The third-order valence-corrected chi connectivity index (χ3v) is 4.12. The molecule has 3 aromatic rings. The Bertz CT molecular complexity index is 1140. The van der Waals surface area contributed by atoms with Gasteiger partial charge < -0.3 is 10.1 Å². The molecular formula is C17H9ClF3N3O5. The Hall–Kier alpha value is -3.60. The van der Waals surface area contributed by atoms with Crippen molar-refractivity contribution in [3.63, 3.8) is 0 Å². The van der Waals surface area contributed by atoms with Gasteiger partial charge in [-0.2, -0.15) is 0 Å². The molecule has 8 nitrogen and oxygen atoms in total. The van der Waals surface area contributed by atoms with Crippen molar-refractivity contribution in [3.8, 4) is 5.75 Å². The predicted octanol–water partition coefficient (Wildman–Crippen LogP) is 5.95. The highest BCUT2D eigenvalue weighted by Crippen LogP contribution is 2.41. The van der Waals surface area contributed by atoms with Gasteiger partial charge in [0, 0.05) is 11.1 Å². The van der Waals surface area contributed by atoms with Crippen LogP contribution in [0.1, 0.15) is 0 Å². The van der Waals surface area contributed by atoms with Gasteiger partial charge in [0.15, 0.2) is 0 Å². The Balaban J connectivity index is 2.12. The van der Waals surface area contributed by atoms with Crippen LogP contribution in [0.3, 0.4) is 0 Å². The minimum Gasteiger partial charge on any atom is -0.404 e. The molecule has 0 aromatic heterocycles. The number of nitro benzene ring substituents is 2. The van der Waals surface area contributed by atoms with Crippen LogP contribution < -0.4 is 10.1 Å². The molecule has 0 radical (unpaired) electrons. The van der Waals surface area contributed by atoms with Gasteiger partial charge in [0.25, 0.3) is 11.4 Å². The number of nitrogens with zero attached hydrogens (tertiary/aromatic N) is 2. The van der Waals surface area contributed by atoms with Gasteiger partial charge in [-0.25, -0.2) is 0 Å². The summed E-state index contributed by atoms with van der Waals surface area (Å²) in [6.45, 7) is 0. The van der Waals surface area contributed by atoms with Crippen LogP contribution in [0.15, 0.2) is 48.5 Å². The number of non-ortho nitro benzene ring substituents is 1. The molecule has 1 N–H and O–H groups in total. The van der Waals surface area contributed by atoms with Crippen LogP contribution in [0.2, 0.25) is 5.02 Å². The highest BCUT2D eigenvalue weighted by atomic mass is 35.5. The van der Waals surface area contributed by atoms with Gasteiger partial charge in [0.2, 0.25) is 0 Å². The molecule has 0 unspecified atom stereocenters. The van der Waals surface area contributed by atoms with E-state index in [1.54, 1.807) is 0 Å². The number of nitro groups is 2. The lowest BCUT2D eigenvalue weighted by atomic mass is 10.0. The van der Waals surface area contributed by atoms with Crippen molar-refractivity contribution in [3.05, 3.63) is 73.8 Å². The second kappa shape index (κ2) is 7.43. The Labute approximate surface area is 164 Å². The number of halogens is 4. The van der Waals surface area contributed by atoms with E-state index in [0.717, 1.165) is 18.2 Å². The molecule has 0 atom stereocenters. The maximum atomic E-state index is 12.4. The SMILES string of the molecule is O=[N+]([O-])c1cc([N+](=O)[O-])c2ccccc2c1Nc1ccc(OC(F)(F)F)c(Cl)c1. The third-order valence-electron chi connectivity index (χ3n) is 3.82. The summed E-state index contributed by atoms with van der Waals surface area (Å²) in [6, 6.07) is 9.95. The summed E-state index contributed by atoms with van der Waals surface area (Å²) in [4.78, 5) is 21.2. The fourth-order valence-corrected chi connectivity index (χ4v) is 2.92. The zero-order valence-electron chi connectivity index (χ0n) is 14.1. The highest BCUT2D eigenvalue weighted by Gasteiger charge is 2.32. The summed E-state index contributed by atoms with van der Waals surface area (Å²) in [6.07, 6.45) is -4.94. The van der Waals surface area contributed by atoms with Crippen LogP contribution in [0, 0.1) is 20.2 Å². The molecule has 0 aliphatic carbocycles. The summed E-state index contributed by atoms with van der Waals surface area (Å²) in [5.74, 6) is -0.646. The molecule has 0 saturated heterocycles. The minimum absolute atomic E-state index is 0.0724. The summed E-state index contributed by atoms with van der Waals surface area (Å²) >= 11 is 5.80. The van der Waals surface area contributed by atoms with E-state index in [9.17, 15) is 33.4 Å². The number of anilines is 2. The van der Waals surface area contributed by atoms with Gasteiger partial charge in [-0.15, -0.1) is 13.2 Å². The molecule has 3 aromatic carbocycles. The second-order valence-corrected chi connectivity index (χ2v) is 6.07. The largest absolute Gasteiger partial charge is 0.573 e. The number of fused-ring (bicyclic) bond motifs is 1. The van der Waals surface area contributed by atoms with E-state index in [1.165, 1.54) is 30.3 Å². The van der Waals surface area contributed by atoms with E-state index in [0.29, 0.717) is 0 Å². The van der Waals surface area contributed by atoms with Gasteiger partial charge in [-0.05, 0) is 24.3 Å². The Morgan fingerprint density at radius 3 is 2.10 bits per heavy atom. The first kappa shape index (κ1) is 20.1. The molecule has 0 bridgehead atoms. The summed E-state index contributed by atoms with van der Waals surface area (Å²) in [7, 11) is 0. The van der Waals surface area contributed by atoms with E-state index in [1.807, 2.05) is 0 Å². The molecule has 12 heteroatoms. The molecular weight excluding hydrogens is 419 g/mol. The molecule has 0 heterocycles. The number of rotatable bonds is 5. The van der Waals surface area contributed by atoms with E-state index < -0.39 is 33.3 Å². The van der Waals surface area contributed by atoms with Gasteiger partial charge >= 0.3 is 6.36 Å². The molecule has 0 fully saturated rings. The highest BCUT2D eigenvalue weighted by molar-refractivity contribution is 6.32. The smallest absolute Gasteiger partial charge is 0.404 e. The van der Waals surface area contributed by atoms with Crippen molar-refractivity contribution in [2.45, 2.75) is 6.36 Å². The number of hydrogen-bond acceptors (Lipinski definition) is 6. The van der Waals surface area contributed by atoms with Crippen molar-refractivity contribution < 1.29 is 27.8 Å². The van der Waals surface area contributed by atoms with Crippen LogP contribution in [0.5, 0.6) is 5.75 Å². The quantitative estimate of drug-likeness (QED) is 0.398. The molecule has 0 aliphatic rings. The Kier molecular flexibility index (Phi) is 5.16. The van der Waals surface area contributed by atoms with E-state index in [-0.39, 0.29) is 27.2 Å². The van der Waals surface area contributed by atoms with Crippen LogP contribution in [-0.4, -0.2) is 16.2 Å². The topological polar surface area (TPSA) is 108 Å². The Morgan fingerprint density at radius 2 is 1.55 bits per heavy atom. The van der Waals surface area contributed by atoms with Crippen molar-refractivity contribution in [2.24, 2.45) is 0 Å². The number of alkyl halides is 3. The monoisotopic (exact) mass is 427 g/mol. The first-order chi connectivity index (χ1) is 13.6. The molecule has 3 rings (SSSR count).